The zero-order valence-corrected chi connectivity index (χ0v) is 9.92. The molecule has 74 valence electrons. The van der Waals surface area contributed by atoms with Crippen molar-refractivity contribution in [3.8, 4) is 0 Å². The summed E-state index contributed by atoms with van der Waals surface area (Å²) in [5.74, 6) is 0. The van der Waals surface area contributed by atoms with E-state index in [1.54, 1.807) is 16.0 Å². The highest BCUT2D eigenvalue weighted by molar-refractivity contribution is 9.10. The number of hydrogen-bond acceptors (Lipinski definition) is 4. The number of nitrogens with zero attached hydrogens (tertiary/aromatic N) is 3. The van der Waals surface area contributed by atoms with Crippen LogP contribution in [0.1, 0.15) is 17.3 Å². The van der Waals surface area contributed by atoms with Crippen LogP contribution in [0.3, 0.4) is 0 Å². The van der Waals surface area contributed by atoms with E-state index in [0.29, 0.717) is 4.60 Å². The lowest BCUT2D eigenvalue weighted by Crippen LogP contribution is -2.15. The molecule has 0 amide bonds. The summed E-state index contributed by atoms with van der Waals surface area (Å²) in [5, 5.41) is 11.8. The van der Waals surface area contributed by atoms with Gasteiger partial charge in [-0.25, -0.2) is 4.68 Å². The summed E-state index contributed by atoms with van der Waals surface area (Å²) >= 11 is 4.96. The average Bonchev–Trinajstić information content (AvgIpc) is 2.75. The van der Waals surface area contributed by atoms with Crippen LogP contribution >= 0.6 is 27.3 Å². The Labute approximate surface area is 93.9 Å². The van der Waals surface area contributed by atoms with E-state index in [-0.39, 0.29) is 6.04 Å². The third-order valence-electron chi connectivity index (χ3n) is 2.02. The zero-order chi connectivity index (χ0) is 10.1. The van der Waals surface area contributed by atoms with E-state index in [0.717, 1.165) is 11.3 Å². The van der Waals surface area contributed by atoms with Crippen molar-refractivity contribution in [3.63, 3.8) is 0 Å². The number of halogens is 1. The molecule has 2 aromatic heterocycles. The number of rotatable bonds is 2. The number of hydrogen-bond donors (Lipinski definition) is 1. The maximum atomic E-state index is 6.08. The van der Waals surface area contributed by atoms with Gasteiger partial charge in [0.1, 0.15) is 0 Å². The van der Waals surface area contributed by atoms with Gasteiger partial charge in [-0.15, -0.1) is 5.10 Å². The van der Waals surface area contributed by atoms with Crippen molar-refractivity contribution >= 4 is 27.3 Å². The molecule has 0 aliphatic rings. The van der Waals surface area contributed by atoms with Crippen LogP contribution in [-0.4, -0.2) is 15.0 Å². The normalized spacial score (nSPS) is 13.1. The van der Waals surface area contributed by atoms with E-state index >= 15 is 0 Å². The van der Waals surface area contributed by atoms with Crippen LogP contribution in [0.15, 0.2) is 21.4 Å². The van der Waals surface area contributed by atoms with E-state index in [1.165, 1.54) is 0 Å². The number of nitrogens with two attached hydrogens (primary N) is 1. The summed E-state index contributed by atoms with van der Waals surface area (Å²) < 4.78 is 2.39. The maximum absolute atomic E-state index is 6.08. The van der Waals surface area contributed by atoms with Crippen molar-refractivity contribution in [2.24, 2.45) is 12.8 Å². The standard InChI is InChI=1S/C8H9BrN4S/c1-13-7(8(9)11-12-13)6(10)5-2-3-14-4-5/h2-4,6H,10H2,1H3. The molecular formula is C8H9BrN4S. The summed E-state index contributed by atoms with van der Waals surface area (Å²) in [6.45, 7) is 0. The smallest absolute Gasteiger partial charge is 0.153 e. The van der Waals surface area contributed by atoms with Gasteiger partial charge >= 0.3 is 0 Å². The van der Waals surface area contributed by atoms with Gasteiger partial charge in [-0.05, 0) is 38.3 Å². The van der Waals surface area contributed by atoms with Crippen LogP contribution in [0.25, 0.3) is 0 Å². The van der Waals surface area contributed by atoms with Gasteiger partial charge in [0, 0.05) is 7.05 Å². The Kier molecular flexibility index (Phi) is 2.66. The van der Waals surface area contributed by atoms with Crippen LogP contribution in [0, 0.1) is 0 Å². The van der Waals surface area contributed by atoms with Crippen LogP contribution in [0.2, 0.25) is 0 Å². The quantitative estimate of drug-likeness (QED) is 0.905. The first-order valence-corrected chi connectivity index (χ1v) is 5.76. The van der Waals surface area contributed by atoms with E-state index < -0.39 is 0 Å². The molecule has 1 unspecified atom stereocenters. The molecule has 0 aliphatic heterocycles. The minimum atomic E-state index is -0.171. The summed E-state index contributed by atoms with van der Waals surface area (Å²) in [6.07, 6.45) is 0. The topological polar surface area (TPSA) is 56.7 Å². The fourth-order valence-electron chi connectivity index (χ4n) is 1.28. The van der Waals surface area contributed by atoms with E-state index in [9.17, 15) is 0 Å². The molecule has 0 spiro atoms. The molecule has 4 nitrogen and oxygen atoms in total. The van der Waals surface area contributed by atoms with Gasteiger partial charge in [-0.2, -0.15) is 11.3 Å². The van der Waals surface area contributed by atoms with Crippen molar-refractivity contribution < 1.29 is 0 Å². The monoisotopic (exact) mass is 272 g/mol. The van der Waals surface area contributed by atoms with Crippen LogP contribution < -0.4 is 5.73 Å². The predicted molar refractivity (Wildman–Crippen MR) is 59.1 cm³/mol. The van der Waals surface area contributed by atoms with Gasteiger partial charge in [0.2, 0.25) is 0 Å². The van der Waals surface area contributed by atoms with E-state index in [2.05, 4.69) is 26.2 Å². The second-order valence-electron chi connectivity index (χ2n) is 2.92. The van der Waals surface area contributed by atoms with Crippen LogP contribution in [0.5, 0.6) is 0 Å². The SMILES string of the molecule is Cn1nnc(Br)c1C(N)c1ccsc1. The van der Waals surface area contributed by atoms with Crippen molar-refractivity contribution in [3.05, 3.63) is 32.7 Å². The molecule has 0 saturated carbocycles. The molecule has 2 aromatic rings. The molecule has 2 heterocycles. The molecule has 1 atom stereocenters. The number of aryl methyl sites for hydroxylation is 1. The second kappa shape index (κ2) is 3.80. The molecular weight excluding hydrogens is 264 g/mol. The average molecular weight is 273 g/mol. The van der Waals surface area contributed by atoms with Crippen LogP contribution in [0.4, 0.5) is 0 Å². The predicted octanol–water partition coefficient (Wildman–Crippen LogP) is 1.69. The first-order chi connectivity index (χ1) is 6.70. The highest BCUT2D eigenvalue weighted by Gasteiger charge is 2.17. The van der Waals surface area contributed by atoms with Gasteiger partial charge in [0.15, 0.2) is 4.60 Å². The Morgan fingerprint density at radius 1 is 1.64 bits per heavy atom. The van der Waals surface area contributed by atoms with Gasteiger partial charge in [0.25, 0.3) is 0 Å². The summed E-state index contributed by atoms with van der Waals surface area (Å²) in [6, 6.07) is 1.84. The zero-order valence-electron chi connectivity index (χ0n) is 7.51. The van der Waals surface area contributed by atoms with Gasteiger partial charge in [-0.3, -0.25) is 0 Å². The number of thiophene rings is 1. The molecule has 2 N–H and O–H groups in total. The molecule has 6 heteroatoms. The fraction of sp³-hybridized carbons (Fsp3) is 0.250. The summed E-state index contributed by atoms with van der Waals surface area (Å²) in [5.41, 5.74) is 8.06. The molecule has 0 aliphatic carbocycles. The third kappa shape index (κ3) is 1.60. The molecule has 0 fully saturated rings. The molecule has 0 aromatic carbocycles. The summed E-state index contributed by atoms with van der Waals surface area (Å²) in [4.78, 5) is 0. The van der Waals surface area contributed by atoms with Crippen molar-refractivity contribution in [2.45, 2.75) is 6.04 Å². The Hall–Kier alpha value is -0.720. The Morgan fingerprint density at radius 2 is 2.43 bits per heavy atom. The fourth-order valence-corrected chi connectivity index (χ4v) is 2.55. The third-order valence-corrected chi connectivity index (χ3v) is 3.29. The van der Waals surface area contributed by atoms with Crippen molar-refractivity contribution in [2.75, 3.05) is 0 Å². The lowest BCUT2D eigenvalue weighted by Gasteiger charge is -2.09. The first kappa shape index (κ1) is 9.82. The lowest BCUT2D eigenvalue weighted by molar-refractivity contribution is 0.651. The second-order valence-corrected chi connectivity index (χ2v) is 4.45. The highest BCUT2D eigenvalue weighted by atomic mass is 79.9. The summed E-state index contributed by atoms with van der Waals surface area (Å²) in [7, 11) is 1.83. The molecule has 0 radical (unpaired) electrons. The Bertz CT molecular complexity index is 403. The maximum Gasteiger partial charge on any atom is 0.153 e. The molecule has 14 heavy (non-hydrogen) atoms. The molecule has 2 rings (SSSR count). The van der Waals surface area contributed by atoms with E-state index in [4.69, 9.17) is 5.73 Å². The minimum absolute atomic E-state index is 0.171. The van der Waals surface area contributed by atoms with Gasteiger partial charge in [-0.1, -0.05) is 5.21 Å². The van der Waals surface area contributed by atoms with Crippen molar-refractivity contribution in [1.82, 2.24) is 15.0 Å². The minimum Gasteiger partial charge on any atom is -0.319 e. The molecule has 0 saturated heterocycles. The largest absolute Gasteiger partial charge is 0.319 e. The van der Waals surface area contributed by atoms with Gasteiger partial charge < -0.3 is 5.73 Å². The molecule has 0 bridgehead atoms. The van der Waals surface area contributed by atoms with Crippen LogP contribution in [-0.2, 0) is 7.05 Å². The lowest BCUT2D eigenvalue weighted by atomic mass is 10.1. The van der Waals surface area contributed by atoms with Gasteiger partial charge in [0.05, 0.1) is 11.7 Å². The first-order valence-electron chi connectivity index (χ1n) is 4.03. The Morgan fingerprint density at radius 3 is 2.93 bits per heavy atom. The number of aromatic nitrogens is 3. The Balaban J connectivity index is 2.41. The van der Waals surface area contributed by atoms with E-state index in [1.807, 2.05) is 23.9 Å². The van der Waals surface area contributed by atoms with Crippen molar-refractivity contribution in [1.29, 1.82) is 0 Å². The highest BCUT2D eigenvalue weighted by Crippen LogP contribution is 2.25.